The van der Waals surface area contributed by atoms with Crippen LogP contribution in [0.2, 0.25) is 0 Å². The predicted molar refractivity (Wildman–Crippen MR) is 47.1 cm³/mol. The number of rotatable bonds is 4. The average Bonchev–Trinajstić information content (AvgIpc) is 1.84. The van der Waals surface area contributed by atoms with Crippen LogP contribution in [0.4, 0.5) is 0 Å². The maximum Gasteiger partial charge on any atom is 0.331 e. The molecule has 0 aromatic rings. The van der Waals surface area contributed by atoms with E-state index in [2.05, 4.69) is 0 Å². The fraction of sp³-hybridized carbons (Fsp3) is 0.667. The molecule has 70 valence electrons. The maximum atomic E-state index is 10.4. The number of carboxylic acid groups (broad SMARTS) is 1. The van der Waals surface area contributed by atoms with Crippen LogP contribution in [-0.4, -0.2) is 23.3 Å². The van der Waals surface area contributed by atoms with Gasteiger partial charge in [-0.2, -0.15) is 0 Å². The van der Waals surface area contributed by atoms with Crippen LogP contribution in [0.3, 0.4) is 0 Å². The minimum absolute atomic E-state index is 0.123. The number of hydrogen-bond donors (Lipinski definition) is 1. The lowest BCUT2D eigenvalue weighted by molar-refractivity contribution is -0.132. The van der Waals surface area contributed by atoms with Crippen molar-refractivity contribution in [2.45, 2.75) is 39.9 Å². The quantitative estimate of drug-likeness (QED) is 0.658. The van der Waals surface area contributed by atoms with E-state index in [0.29, 0.717) is 5.57 Å². The Morgan fingerprint density at radius 2 is 1.92 bits per heavy atom. The predicted octanol–water partition coefficient (Wildman–Crippen LogP) is 1.83. The zero-order valence-corrected chi connectivity index (χ0v) is 8.00. The van der Waals surface area contributed by atoms with Crippen LogP contribution in [-0.2, 0) is 9.53 Å². The summed E-state index contributed by atoms with van der Waals surface area (Å²) < 4.78 is 5.33. The topological polar surface area (TPSA) is 46.5 Å². The van der Waals surface area contributed by atoms with Gasteiger partial charge in [0, 0.05) is 5.57 Å². The molecule has 12 heavy (non-hydrogen) atoms. The van der Waals surface area contributed by atoms with Crippen LogP contribution in [0.15, 0.2) is 11.6 Å². The first kappa shape index (κ1) is 11.2. The van der Waals surface area contributed by atoms with Gasteiger partial charge >= 0.3 is 5.97 Å². The van der Waals surface area contributed by atoms with E-state index in [1.54, 1.807) is 13.0 Å². The molecule has 0 aromatic carbocycles. The second-order valence-corrected chi connectivity index (χ2v) is 3.04. The Morgan fingerprint density at radius 1 is 1.42 bits per heavy atom. The number of carbonyl (C=O) groups is 1. The molecule has 0 bridgehead atoms. The third-order valence-corrected chi connectivity index (χ3v) is 1.31. The van der Waals surface area contributed by atoms with E-state index in [4.69, 9.17) is 9.84 Å². The lowest BCUT2D eigenvalue weighted by atomic mass is 10.2. The van der Waals surface area contributed by atoms with Gasteiger partial charge in [0.25, 0.3) is 0 Å². The Kier molecular flexibility index (Phi) is 4.59. The van der Waals surface area contributed by atoms with Crippen molar-refractivity contribution in [1.29, 1.82) is 0 Å². The molecule has 0 spiro atoms. The van der Waals surface area contributed by atoms with E-state index in [1.807, 2.05) is 20.8 Å². The fourth-order valence-electron chi connectivity index (χ4n) is 0.892. The van der Waals surface area contributed by atoms with Crippen LogP contribution in [0, 0.1) is 0 Å². The number of ether oxygens (including phenoxy) is 1. The Morgan fingerprint density at radius 3 is 2.25 bits per heavy atom. The highest BCUT2D eigenvalue weighted by Crippen LogP contribution is 2.02. The lowest BCUT2D eigenvalue weighted by Crippen LogP contribution is -2.13. The summed E-state index contributed by atoms with van der Waals surface area (Å²) in [5.41, 5.74) is 0.322. The molecule has 1 unspecified atom stereocenters. The molecule has 3 nitrogen and oxygen atoms in total. The molecule has 0 fully saturated rings. The van der Waals surface area contributed by atoms with Crippen molar-refractivity contribution in [3.63, 3.8) is 0 Å². The van der Waals surface area contributed by atoms with E-state index in [-0.39, 0.29) is 12.2 Å². The normalized spacial score (nSPS) is 14.9. The Bertz CT molecular complexity index is 182. The molecule has 0 rings (SSSR count). The summed E-state index contributed by atoms with van der Waals surface area (Å²) in [6, 6.07) is 0. The SMILES string of the molecule is C/C(=C\C(C)OC(C)C)C(=O)O. The van der Waals surface area contributed by atoms with Crippen LogP contribution in [0.1, 0.15) is 27.7 Å². The summed E-state index contributed by atoms with van der Waals surface area (Å²) in [4.78, 5) is 10.4. The van der Waals surface area contributed by atoms with Gasteiger partial charge in [0.2, 0.25) is 0 Å². The van der Waals surface area contributed by atoms with Crippen LogP contribution < -0.4 is 0 Å². The van der Waals surface area contributed by atoms with Crippen molar-refractivity contribution in [2.75, 3.05) is 0 Å². The monoisotopic (exact) mass is 172 g/mol. The van der Waals surface area contributed by atoms with E-state index in [9.17, 15) is 4.79 Å². The first-order valence-electron chi connectivity index (χ1n) is 4.00. The van der Waals surface area contributed by atoms with Gasteiger partial charge in [0.1, 0.15) is 0 Å². The molecular formula is C9H16O3. The average molecular weight is 172 g/mol. The molecule has 0 saturated carbocycles. The van der Waals surface area contributed by atoms with E-state index < -0.39 is 5.97 Å². The molecule has 0 aliphatic heterocycles. The molecule has 0 aliphatic rings. The second kappa shape index (κ2) is 4.93. The second-order valence-electron chi connectivity index (χ2n) is 3.04. The van der Waals surface area contributed by atoms with E-state index >= 15 is 0 Å². The van der Waals surface area contributed by atoms with Crippen molar-refractivity contribution in [3.8, 4) is 0 Å². The first-order valence-corrected chi connectivity index (χ1v) is 4.00. The Hall–Kier alpha value is -0.830. The molecule has 1 atom stereocenters. The number of carboxylic acids is 1. The molecular weight excluding hydrogens is 156 g/mol. The molecule has 0 saturated heterocycles. The number of aliphatic carboxylic acids is 1. The van der Waals surface area contributed by atoms with E-state index in [0.717, 1.165) is 0 Å². The largest absolute Gasteiger partial charge is 0.478 e. The number of hydrogen-bond acceptors (Lipinski definition) is 2. The molecule has 0 aliphatic carbocycles. The van der Waals surface area contributed by atoms with Gasteiger partial charge in [-0.15, -0.1) is 0 Å². The van der Waals surface area contributed by atoms with Crippen molar-refractivity contribution < 1.29 is 14.6 Å². The molecule has 0 heterocycles. The minimum atomic E-state index is -0.894. The zero-order valence-electron chi connectivity index (χ0n) is 8.00. The van der Waals surface area contributed by atoms with Gasteiger partial charge in [-0.05, 0) is 33.8 Å². The van der Waals surface area contributed by atoms with Gasteiger partial charge in [0.05, 0.1) is 12.2 Å². The fourth-order valence-corrected chi connectivity index (χ4v) is 0.892. The first-order chi connectivity index (χ1) is 5.43. The summed E-state index contributed by atoms with van der Waals surface area (Å²) >= 11 is 0. The van der Waals surface area contributed by atoms with Crippen molar-refractivity contribution in [2.24, 2.45) is 0 Å². The van der Waals surface area contributed by atoms with Crippen molar-refractivity contribution in [1.82, 2.24) is 0 Å². The third kappa shape index (κ3) is 4.91. The highest BCUT2D eigenvalue weighted by Gasteiger charge is 2.05. The van der Waals surface area contributed by atoms with Gasteiger partial charge in [-0.1, -0.05) is 0 Å². The minimum Gasteiger partial charge on any atom is -0.478 e. The van der Waals surface area contributed by atoms with Crippen LogP contribution in [0.5, 0.6) is 0 Å². The standard InChI is InChI=1S/C9H16O3/c1-6(2)12-8(4)5-7(3)9(10)11/h5-6,8H,1-4H3,(H,10,11)/b7-5+. The zero-order chi connectivity index (χ0) is 9.72. The van der Waals surface area contributed by atoms with Crippen molar-refractivity contribution >= 4 is 5.97 Å². The molecule has 0 aromatic heterocycles. The third-order valence-electron chi connectivity index (χ3n) is 1.31. The van der Waals surface area contributed by atoms with Gasteiger partial charge in [0.15, 0.2) is 0 Å². The van der Waals surface area contributed by atoms with Crippen molar-refractivity contribution in [3.05, 3.63) is 11.6 Å². The van der Waals surface area contributed by atoms with Gasteiger partial charge in [-0.3, -0.25) is 0 Å². The summed E-state index contributed by atoms with van der Waals surface area (Å²) in [5.74, 6) is -0.894. The molecule has 0 radical (unpaired) electrons. The Balaban J connectivity index is 4.05. The Labute approximate surface area is 73.0 Å². The van der Waals surface area contributed by atoms with E-state index in [1.165, 1.54) is 0 Å². The molecule has 1 N–H and O–H groups in total. The smallest absolute Gasteiger partial charge is 0.331 e. The van der Waals surface area contributed by atoms with Crippen LogP contribution in [0.25, 0.3) is 0 Å². The summed E-state index contributed by atoms with van der Waals surface area (Å²) in [7, 11) is 0. The lowest BCUT2D eigenvalue weighted by Gasteiger charge is -2.12. The molecule has 0 amide bonds. The highest BCUT2D eigenvalue weighted by molar-refractivity contribution is 5.85. The van der Waals surface area contributed by atoms with Gasteiger partial charge in [-0.25, -0.2) is 4.79 Å². The summed E-state index contributed by atoms with van der Waals surface area (Å²) in [6.45, 7) is 7.22. The molecule has 3 heteroatoms. The maximum absolute atomic E-state index is 10.4. The van der Waals surface area contributed by atoms with Crippen LogP contribution >= 0.6 is 0 Å². The van der Waals surface area contributed by atoms with Gasteiger partial charge < -0.3 is 9.84 Å². The summed E-state index contributed by atoms with van der Waals surface area (Å²) in [6.07, 6.45) is 1.58. The highest BCUT2D eigenvalue weighted by atomic mass is 16.5. The summed E-state index contributed by atoms with van der Waals surface area (Å²) in [5, 5.41) is 8.54.